The van der Waals surface area contributed by atoms with E-state index in [0.717, 1.165) is 16.7 Å². The average Bonchev–Trinajstić information content (AvgIpc) is 3.07. The molecule has 3 aromatic heterocycles. The van der Waals surface area contributed by atoms with Gasteiger partial charge in [0.2, 0.25) is 0 Å². The van der Waals surface area contributed by atoms with Crippen LogP contribution in [0.5, 0.6) is 5.75 Å². The van der Waals surface area contributed by atoms with E-state index in [-0.39, 0.29) is 5.56 Å². The standard InChI is InChI=1S/C23H19N5O2/c1-4-12-27-14(2)24-21-19(23(27)29)20-22(26-18-11-6-5-10-17(18)25-20)28(21)15-8-7-9-16(13-15)30-3/h4-11,13H,1,12H2,2-3H3. The Kier molecular flexibility index (Phi) is 4.10. The van der Waals surface area contributed by atoms with Gasteiger partial charge in [-0.25, -0.2) is 15.0 Å². The molecule has 7 nitrogen and oxygen atoms in total. The lowest BCUT2D eigenvalue weighted by Crippen LogP contribution is -2.23. The Morgan fingerprint density at radius 3 is 2.53 bits per heavy atom. The lowest BCUT2D eigenvalue weighted by Gasteiger charge is -2.10. The third-order valence-corrected chi connectivity index (χ3v) is 5.18. The maximum atomic E-state index is 13.4. The van der Waals surface area contributed by atoms with Crippen LogP contribution in [0.25, 0.3) is 38.9 Å². The molecule has 5 rings (SSSR count). The van der Waals surface area contributed by atoms with Gasteiger partial charge in [0.1, 0.15) is 22.5 Å². The molecule has 0 atom stereocenters. The van der Waals surface area contributed by atoms with Gasteiger partial charge in [0.25, 0.3) is 5.56 Å². The van der Waals surface area contributed by atoms with E-state index in [0.29, 0.717) is 40.3 Å². The molecular weight excluding hydrogens is 378 g/mol. The van der Waals surface area contributed by atoms with Crippen LogP contribution in [0.2, 0.25) is 0 Å². The first kappa shape index (κ1) is 18.1. The van der Waals surface area contributed by atoms with Gasteiger partial charge in [-0.3, -0.25) is 13.9 Å². The number of fused-ring (bicyclic) bond motifs is 4. The van der Waals surface area contributed by atoms with Crippen LogP contribution in [0.4, 0.5) is 0 Å². The topological polar surface area (TPSA) is 74.8 Å². The van der Waals surface area contributed by atoms with E-state index in [9.17, 15) is 4.79 Å². The first-order valence-corrected chi connectivity index (χ1v) is 9.56. The molecule has 0 aliphatic heterocycles. The minimum Gasteiger partial charge on any atom is -0.497 e. The van der Waals surface area contributed by atoms with Crippen LogP contribution in [0, 0.1) is 6.92 Å². The molecule has 0 aliphatic rings. The van der Waals surface area contributed by atoms with Crippen molar-refractivity contribution in [1.29, 1.82) is 0 Å². The highest BCUT2D eigenvalue weighted by molar-refractivity contribution is 6.05. The van der Waals surface area contributed by atoms with Crippen LogP contribution in [0.15, 0.2) is 66.0 Å². The summed E-state index contributed by atoms with van der Waals surface area (Å²) >= 11 is 0. The number of benzene rings is 2. The fraction of sp³-hybridized carbons (Fsp3) is 0.130. The first-order chi connectivity index (χ1) is 14.6. The summed E-state index contributed by atoms with van der Waals surface area (Å²) in [6, 6.07) is 15.2. The second kappa shape index (κ2) is 6.81. The summed E-state index contributed by atoms with van der Waals surface area (Å²) in [6.45, 7) is 5.95. The third-order valence-electron chi connectivity index (χ3n) is 5.18. The predicted molar refractivity (Wildman–Crippen MR) is 117 cm³/mol. The van der Waals surface area contributed by atoms with E-state index in [1.807, 2.05) is 60.0 Å². The number of allylic oxidation sites excluding steroid dienone is 1. The van der Waals surface area contributed by atoms with Gasteiger partial charge < -0.3 is 4.74 Å². The number of methoxy groups -OCH3 is 1. The van der Waals surface area contributed by atoms with Gasteiger partial charge in [-0.2, -0.15) is 0 Å². The second-order valence-electron chi connectivity index (χ2n) is 6.98. The minimum absolute atomic E-state index is 0.159. The van der Waals surface area contributed by atoms with Crippen molar-refractivity contribution in [3.05, 3.63) is 77.4 Å². The van der Waals surface area contributed by atoms with Crippen molar-refractivity contribution in [2.24, 2.45) is 0 Å². The summed E-state index contributed by atoms with van der Waals surface area (Å²) in [5.74, 6) is 1.30. The van der Waals surface area contributed by atoms with Crippen LogP contribution in [0.1, 0.15) is 5.82 Å². The predicted octanol–water partition coefficient (Wildman–Crippen LogP) is 3.79. The molecule has 0 spiro atoms. The quantitative estimate of drug-likeness (QED) is 0.432. The summed E-state index contributed by atoms with van der Waals surface area (Å²) in [6.07, 6.45) is 1.68. The number of nitrogens with zero attached hydrogens (tertiary/aromatic N) is 5. The molecule has 0 fully saturated rings. The molecule has 5 aromatic rings. The molecule has 2 aromatic carbocycles. The highest BCUT2D eigenvalue weighted by atomic mass is 16.5. The summed E-state index contributed by atoms with van der Waals surface area (Å²) in [4.78, 5) is 27.8. The van der Waals surface area contributed by atoms with Crippen molar-refractivity contribution in [3.8, 4) is 11.4 Å². The molecule has 0 saturated heterocycles. The molecular formula is C23H19N5O2. The molecule has 0 saturated carbocycles. The van der Waals surface area contributed by atoms with Crippen LogP contribution in [-0.4, -0.2) is 31.2 Å². The molecule has 0 amide bonds. The van der Waals surface area contributed by atoms with E-state index in [1.54, 1.807) is 17.8 Å². The minimum atomic E-state index is -0.159. The van der Waals surface area contributed by atoms with Crippen LogP contribution >= 0.6 is 0 Å². The first-order valence-electron chi connectivity index (χ1n) is 9.56. The number of hydrogen-bond donors (Lipinski definition) is 0. The Morgan fingerprint density at radius 2 is 1.80 bits per heavy atom. The Balaban J connectivity index is 2.01. The van der Waals surface area contributed by atoms with Crippen molar-refractivity contribution in [2.75, 3.05) is 7.11 Å². The van der Waals surface area contributed by atoms with Crippen LogP contribution in [0.3, 0.4) is 0 Å². The van der Waals surface area contributed by atoms with Crippen molar-refractivity contribution in [2.45, 2.75) is 13.5 Å². The Morgan fingerprint density at radius 1 is 1.03 bits per heavy atom. The summed E-state index contributed by atoms with van der Waals surface area (Å²) in [5.41, 5.74) is 3.75. The van der Waals surface area contributed by atoms with E-state index in [2.05, 4.69) is 6.58 Å². The average molecular weight is 397 g/mol. The molecule has 0 bridgehead atoms. The van der Waals surface area contributed by atoms with E-state index in [4.69, 9.17) is 19.7 Å². The second-order valence-corrected chi connectivity index (χ2v) is 6.98. The lowest BCUT2D eigenvalue weighted by molar-refractivity contribution is 0.414. The monoisotopic (exact) mass is 397 g/mol. The molecule has 3 heterocycles. The Bertz CT molecular complexity index is 1510. The van der Waals surface area contributed by atoms with E-state index < -0.39 is 0 Å². The number of rotatable bonds is 4. The zero-order chi connectivity index (χ0) is 20.8. The molecule has 148 valence electrons. The summed E-state index contributed by atoms with van der Waals surface area (Å²) < 4.78 is 8.87. The van der Waals surface area contributed by atoms with Gasteiger partial charge in [0.15, 0.2) is 11.3 Å². The Hall–Kier alpha value is -4.00. The van der Waals surface area contributed by atoms with Crippen LogP contribution in [-0.2, 0) is 6.54 Å². The van der Waals surface area contributed by atoms with Gasteiger partial charge in [-0.15, -0.1) is 6.58 Å². The molecule has 30 heavy (non-hydrogen) atoms. The number of para-hydroxylation sites is 2. The SMILES string of the molecule is C=CCn1c(C)nc2c(c1=O)c1nc3ccccc3nc1n2-c1cccc(OC)c1. The van der Waals surface area contributed by atoms with E-state index >= 15 is 0 Å². The van der Waals surface area contributed by atoms with Crippen LogP contribution < -0.4 is 10.3 Å². The number of aryl methyl sites for hydroxylation is 1. The summed E-state index contributed by atoms with van der Waals surface area (Å²) in [5, 5.41) is 0.443. The Labute approximate surface area is 171 Å². The van der Waals surface area contributed by atoms with E-state index in [1.165, 1.54) is 0 Å². The number of aromatic nitrogens is 5. The molecule has 0 radical (unpaired) electrons. The van der Waals surface area contributed by atoms with Gasteiger partial charge in [-0.1, -0.05) is 24.3 Å². The van der Waals surface area contributed by atoms with Gasteiger partial charge in [0.05, 0.1) is 23.8 Å². The summed E-state index contributed by atoms with van der Waals surface area (Å²) in [7, 11) is 1.62. The highest BCUT2D eigenvalue weighted by Crippen LogP contribution is 2.29. The van der Waals surface area contributed by atoms with Crippen molar-refractivity contribution < 1.29 is 4.74 Å². The molecule has 0 aliphatic carbocycles. The maximum Gasteiger partial charge on any atom is 0.265 e. The largest absolute Gasteiger partial charge is 0.497 e. The fourth-order valence-electron chi connectivity index (χ4n) is 3.77. The van der Waals surface area contributed by atoms with Crippen molar-refractivity contribution >= 4 is 33.2 Å². The highest BCUT2D eigenvalue weighted by Gasteiger charge is 2.22. The zero-order valence-electron chi connectivity index (χ0n) is 16.7. The lowest BCUT2D eigenvalue weighted by atomic mass is 10.3. The third kappa shape index (κ3) is 2.59. The smallest absolute Gasteiger partial charge is 0.265 e. The number of ether oxygens (including phenoxy) is 1. The van der Waals surface area contributed by atoms with Gasteiger partial charge in [-0.05, 0) is 31.2 Å². The van der Waals surface area contributed by atoms with Crippen molar-refractivity contribution in [3.63, 3.8) is 0 Å². The van der Waals surface area contributed by atoms with Gasteiger partial charge >= 0.3 is 0 Å². The van der Waals surface area contributed by atoms with Gasteiger partial charge in [0, 0.05) is 12.6 Å². The fourth-order valence-corrected chi connectivity index (χ4v) is 3.77. The normalized spacial score (nSPS) is 11.4. The molecule has 0 N–H and O–H groups in total. The maximum absolute atomic E-state index is 13.4. The van der Waals surface area contributed by atoms with Crippen molar-refractivity contribution in [1.82, 2.24) is 24.1 Å². The molecule has 0 unspecified atom stereocenters. The molecule has 7 heteroatoms. The zero-order valence-corrected chi connectivity index (χ0v) is 16.7. The number of hydrogen-bond acceptors (Lipinski definition) is 5.